The number of halogens is 3. The van der Waals surface area contributed by atoms with E-state index in [0.717, 1.165) is 13.0 Å². The lowest BCUT2D eigenvalue weighted by molar-refractivity contribution is 0.369. The number of rotatable bonds is 2. The van der Waals surface area contributed by atoms with Crippen LogP contribution in [0.3, 0.4) is 0 Å². The first kappa shape index (κ1) is 11.6. The predicted octanol–water partition coefficient (Wildman–Crippen LogP) is 2.70. The predicted molar refractivity (Wildman–Crippen MR) is 58.1 cm³/mol. The monoisotopic (exact) mass is 247 g/mol. The van der Waals surface area contributed by atoms with Gasteiger partial charge in [-0.2, -0.15) is 4.39 Å². The number of methoxy groups -OCH3 is 1. The van der Waals surface area contributed by atoms with Gasteiger partial charge < -0.3 is 10.1 Å². The normalized spacial score (nSPS) is 20.1. The molecule has 16 heavy (non-hydrogen) atoms. The van der Waals surface area contributed by atoms with Crippen LogP contribution >= 0.6 is 11.6 Å². The second-order valence-corrected chi connectivity index (χ2v) is 4.21. The van der Waals surface area contributed by atoms with Crippen molar-refractivity contribution in [3.8, 4) is 5.75 Å². The highest BCUT2D eigenvalue weighted by molar-refractivity contribution is 6.32. The molecule has 1 heterocycles. The summed E-state index contributed by atoms with van der Waals surface area (Å²) in [4.78, 5) is 0. The van der Waals surface area contributed by atoms with Crippen molar-refractivity contribution in [3.05, 3.63) is 28.3 Å². The Bertz CT molecular complexity index is 405. The Balaban J connectivity index is 2.46. The van der Waals surface area contributed by atoms with E-state index in [4.69, 9.17) is 16.3 Å². The molecular weight excluding hydrogens is 236 g/mol. The molecule has 1 aliphatic heterocycles. The number of nitrogens with one attached hydrogen (secondary N) is 1. The topological polar surface area (TPSA) is 21.3 Å². The molecule has 88 valence electrons. The summed E-state index contributed by atoms with van der Waals surface area (Å²) in [6.45, 7) is 1.47. The zero-order valence-corrected chi connectivity index (χ0v) is 9.57. The molecule has 0 bridgehead atoms. The molecule has 2 nitrogen and oxygen atoms in total. The Morgan fingerprint density at radius 3 is 2.75 bits per heavy atom. The van der Waals surface area contributed by atoms with Gasteiger partial charge in [0.15, 0.2) is 11.6 Å². The molecule has 0 radical (unpaired) electrons. The van der Waals surface area contributed by atoms with Crippen LogP contribution in [0.4, 0.5) is 8.78 Å². The van der Waals surface area contributed by atoms with E-state index < -0.39 is 11.6 Å². The number of ether oxygens (including phenoxy) is 1. The van der Waals surface area contributed by atoms with Crippen molar-refractivity contribution in [1.29, 1.82) is 0 Å². The molecule has 0 aromatic heterocycles. The van der Waals surface area contributed by atoms with Crippen molar-refractivity contribution >= 4 is 11.6 Å². The SMILES string of the molecule is COc1c(Cl)cc(C2CCNC2)c(F)c1F. The third kappa shape index (κ3) is 1.87. The second kappa shape index (κ2) is 4.55. The molecule has 1 unspecified atom stereocenters. The minimum atomic E-state index is -1.00. The van der Waals surface area contributed by atoms with E-state index in [2.05, 4.69) is 5.32 Å². The smallest absolute Gasteiger partial charge is 0.202 e. The standard InChI is InChI=1S/C11H12ClF2NO/c1-16-11-8(12)4-7(9(13)10(11)14)6-2-3-15-5-6/h4,6,15H,2-3,5H2,1H3. The summed E-state index contributed by atoms with van der Waals surface area (Å²) >= 11 is 5.83. The molecule has 1 aromatic rings. The van der Waals surface area contributed by atoms with Gasteiger partial charge in [-0.25, -0.2) is 4.39 Å². The van der Waals surface area contributed by atoms with E-state index in [9.17, 15) is 8.78 Å². The summed E-state index contributed by atoms with van der Waals surface area (Å²) in [6, 6.07) is 1.45. The minimum absolute atomic E-state index is 0.0158. The molecule has 1 fully saturated rings. The first-order valence-electron chi connectivity index (χ1n) is 5.07. The summed E-state index contributed by atoms with van der Waals surface area (Å²) in [5.74, 6) is -2.10. The second-order valence-electron chi connectivity index (χ2n) is 3.80. The largest absolute Gasteiger partial charge is 0.492 e. The van der Waals surface area contributed by atoms with Crippen LogP contribution in [0.15, 0.2) is 6.07 Å². The molecule has 0 saturated carbocycles. The van der Waals surface area contributed by atoms with Crippen LogP contribution < -0.4 is 10.1 Å². The van der Waals surface area contributed by atoms with Gasteiger partial charge in [-0.1, -0.05) is 11.6 Å². The van der Waals surface area contributed by atoms with Gasteiger partial charge in [0.2, 0.25) is 5.82 Å². The maximum atomic E-state index is 13.7. The average molecular weight is 248 g/mol. The quantitative estimate of drug-likeness (QED) is 0.812. The fourth-order valence-corrected chi connectivity index (χ4v) is 2.28. The molecule has 1 atom stereocenters. The van der Waals surface area contributed by atoms with Crippen molar-refractivity contribution in [2.75, 3.05) is 20.2 Å². The summed E-state index contributed by atoms with van der Waals surface area (Å²) in [5.41, 5.74) is 0.327. The van der Waals surface area contributed by atoms with Crippen molar-refractivity contribution in [1.82, 2.24) is 5.32 Å². The Morgan fingerprint density at radius 1 is 1.44 bits per heavy atom. The molecule has 1 aliphatic rings. The van der Waals surface area contributed by atoms with E-state index in [0.29, 0.717) is 12.1 Å². The van der Waals surface area contributed by atoms with Crippen LogP contribution in [-0.4, -0.2) is 20.2 Å². The summed E-state index contributed by atoms with van der Waals surface area (Å²) in [6.07, 6.45) is 0.791. The van der Waals surface area contributed by atoms with Crippen LogP contribution in [0.5, 0.6) is 5.75 Å². The molecule has 1 N–H and O–H groups in total. The van der Waals surface area contributed by atoms with Crippen molar-refractivity contribution in [2.24, 2.45) is 0 Å². The lowest BCUT2D eigenvalue weighted by Gasteiger charge is -2.13. The van der Waals surface area contributed by atoms with Crippen molar-refractivity contribution in [2.45, 2.75) is 12.3 Å². The van der Waals surface area contributed by atoms with E-state index in [1.165, 1.54) is 13.2 Å². The van der Waals surface area contributed by atoms with Crippen LogP contribution in [0.2, 0.25) is 5.02 Å². The van der Waals surface area contributed by atoms with Gasteiger partial charge in [-0.15, -0.1) is 0 Å². The highest BCUT2D eigenvalue weighted by Gasteiger charge is 2.25. The lowest BCUT2D eigenvalue weighted by atomic mass is 9.97. The van der Waals surface area contributed by atoms with Gasteiger partial charge in [0, 0.05) is 12.5 Å². The number of hydrogen-bond donors (Lipinski definition) is 1. The maximum absolute atomic E-state index is 13.7. The lowest BCUT2D eigenvalue weighted by Crippen LogP contribution is -2.10. The van der Waals surface area contributed by atoms with Crippen molar-refractivity contribution < 1.29 is 13.5 Å². The molecule has 2 rings (SSSR count). The molecule has 0 spiro atoms. The molecular formula is C11H12ClF2NO. The van der Waals surface area contributed by atoms with Gasteiger partial charge in [0.05, 0.1) is 12.1 Å². The number of hydrogen-bond acceptors (Lipinski definition) is 2. The summed E-state index contributed by atoms with van der Waals surface area (Å²) in [5, 5.41) is 3.22. The molecule has 1 saturated heterocycles. The first-order valence-corrected chi connectivity index (χ1v) is 5.45. The fraction of sp³-hybridized carbons (Fsp3) is 0.455. The van der Waals surface area contributed by atoms with Gasteiger partial charge in [-0.3, -0.25) is 0 Å². The average Bonchev–Trinajstić information content (AvgIpc) is 2.77. The van der Waals surface area contributed by atoms with Crippen LogP contribution in [-0.2, 0) is 0 Å². The van der Waals surface area contributed by atoms with Crippen LogP contribution in [0, 0.1) is 11.6 Å². The van der Waals surface area contributed by atoms with E-state index in [1.807, 2.05) is 0 Å². The summed E-state index contributed by atoms with van der Waals surface area (Å²) < 4.78 is 32.0. The van der Waals surface area contributed by atoms with E-state index in [1.54, 1.807) is 0 Å². The van der Waals surface area contributed by atoms with Gasteiger partial charge in [0.1, 0.15) is 0 Å². The molecule has 0 aliphatic carbocycles. The van der Waals surface area contributed by atoms with Gasteiger partial charge >= 0.3 is 0 Å². The summed E-state index contributed by atoms with van der Waals surface area (Å²) in [7, 11) is 1.26. The highest BCUT2D eigenvalue weighted by Crippen LogP contribution is 2.36. The Hall–Kier alpha value is -0.870. The van der Waals surface area contributed by atoms with Crippen LogP contribution in [0.1, 0.15) is 17.9 Å². The Morgan fingerprint density at radius 2 is 2.19 bits per heavy atom. The third-order valence-electron chi connectivity index (χ3n) is 2.85. The fourth-order valence-electron chi connectivity index (χ4n) is 2.00. The van der Waals surface area contributed by atoms with E-state index in [-0.39, 0.29) is 16.7 Å². The maximum Gasteiger partial charge on any atom is 0.202 e. The zero-order chi connectivity index (χ0) is 11.7. The zero-order valence-electron chi connectivity index (χ0n) is 8.82. The van der Waals surface area contributed by atoms with E-state index >= 15 is 0 Å². The first-order chi connectivity index (χ1) is 7.65. The highest BCUT2D eigenvalue weighted by atomic mass is 35.5. The third-order valence-corrected chi connectivity index (χ3v) is 3.13. The Kier molecular flexibility index (Phi) is 3.30. The van der Waals surface area contributed by atoms with Gasteiger partial charge in [-0.05, 0) is 24.6 Å². The molecule has 0 amide bonds. The van der Waals surface area contributed by atoms with Crippen LogP contribution in [0.25, 0.3) is 0 Å². The molecule has 1 aromatic carbocycles. The number of benzene rings is 1. The Labute approximate surface area is 97.5 Å². The minimum Gasteiger partial charge on any atom is -0.492 e. The van der Waals surface area contributed by atoms with Crippen molar-refractivity contribution in [3.63, 3.8) is 0 Å². The molecule has 5 heteroatoms. The van der Waals surface area contributed by atoms with Gasteiger partial charge in [0.25, 0.3) is 0 Å².